The standard InChI is InChI=1S/C19H18N2OS/c1-14-13-23-17(21-14)12-20-19(22)18(15-8-4-2-5-9-15)16-10-6-3-7-11-16/h2-11,13,18H,12H2,1H3,(H,20,22). The van der Waals surface area contributed by atoms with Crippen LogP contribution in [0.25, 0.3) is 0 Å². The van der Waals surface area contributed by atoms with Crippen molar-refractivity contribution in [2.45, 2.75) is 19.4 Å². The number of hydrogen-bond donors (Lipinski definition) is 1. The number of aryl methyl sites for hydroxylation is 1. The molecular weight excluding hydrogens is 304 g/mol. The minimum absolute atomic E-state index is 0.00440. The third-order valence-electron chi connectivity index (χ3n) is 3.61. The molecule has 0 unspecified atom stereocenters. The Hall–Kier alpha value is -2.46. The number of rotatable bonds is 5. The van der Waals surface area contributed by atoms with Crippen LogP contribution in [0.3, 0.4) is 0 Å². The van der Waals surface area contributed by atoms with E-state index in [9.17, 15) is 4.79 Å². The van der Waals surface area contributed by atoms with Gasteiger partial charge in [-0.1, -0.05) is 60.7 Å². The first-order chi connectivity index (χ1) is 11.2. The number of aromatic nitrogens is 1. The molecule has 4 heteroatoms. The van der Waals surface area contributed by atoms with Gasteiger partial charge in [0.25, 0.3) is 0 Å². The van der Waals surface area contributed by atoms with Gasteiger partial charge in [-0.2, -0.15) is 0 Å². The maximum atomic E-state index is 12.8. The third kappa shape index (κ3) is 3.85. The number of benzene rings is 2. The summed E-state index contributed by atoms with van der Waals surface area (Å²) in [6.45, 7) is 2.42. The fourth-order valence-corrected chi connectivity index (χ4v) is 3.25. The first-order valence-electron chi connectivity index (χ1n) is 7.52. The SMILES string of the molecule is Cc1csc(CNC(=O)C(c2ccccc2)c2ccccc2)n1. The van der Waals surface area contributed by atoms with Crippen molar-refractivity contribution in [1.82, 2.24) is 10.3 Å². The van der Waals surface area contributed by atoms with Crippen LogP contribution >= 0.6 is 11.3 Å². The van der Waals surface area contributed by atoms with Gasteiger partial charge in [0.2, 0.25) is 5.91 Å². The van der Waals surface area contributed by atoms with Crippen molar-refractivity contribution in [3.05, 3.63) is 87.9 Å². The van der Waals surface area contributed by atoms with Gasteiger partial charge in [0.15, 0.2) is 0 Å². The average molecular weight is 322 g/mol. The summed E-state index contributed by atoms with van der Waals surface area (Å²) in [5, 5.41) is 5.94. The summed E-state index contributed by atoms with van der Waals surface area (Å²) in [6.07, 6.45) is 0. The molecule has 1 heterocycles. The van der Waals surface area contributed by atoms with E-state index in [1.807, 2.05) is 73.0 Å². The second-order valence-corrected chi connectivity index (χ2v) is 6.30. The van der Waals surface area contributed by atoms with Crippen LogP contribution < -0.4 is 5.32 Å². The van der Waals surface area contributed by atoms with Crippen LogP contribution in [0.2, 0.25) is 0 Å². The number of carbonyl (C=O) groups excluding carboxylic acids is 1. The van der Waals surface area contributed by atoms with Gasteiger partial charge in [-0.3, -0.25) is 4.79 Å². The summed E-state index contributed by atoms with van der Waals surface area (Å²) in [5.41, 5.74) is 2.97. The zero-order valence-corrected chi connectivity index (χ0v) is 13.7. The number of hydrogen-bond acceptors (Lipinski definition) is 3. The van der Waals surface area contributed by atoms with Crippen molar-refractivity contribution in [2.24, 2.45) is 0 Å². The fraction of sp³-hybridized carbons (Fsp3) is 0.158. The highest BCUT2D eigenvalue weighted by Gasteiger charge is 2.22. The molecule has 2 aromatic carbocycles. The topological polar surface area (TPSA) is 42.0 Å². The molecule has 0 aliphatic rings. The molecule has 1 amide bonds. The van der Waals surface area contributed by atoms with Crippen LogP contribution in [0.5, 0.6) is 0 Å². The molecule has 0 aliphatic heterocycles. The van der Waals surface area contributed by atoms with E-state index in [0.717, 1.165) is 21.8 Å². The lowest BCUT2D eigenvalue weighted by molar-refractivity contribution is -0.121. The normalized spacial score (nSPS) is 10.7. The Balaban J connectivity index is 1.82. The lowest BCUT2D eigenvalue weighted by Gasteiger charge is -2.17. The second-order valence-electron chi connectivity index (χ2n) is 5.35. The summed E-state index contributed by atoms with van der Waals surface area (Å²) in [7, 11) is 0. The van der Waals surface area contributed by atoms with Gasteiger partial charge in [-0.15, -0.1) is 11.3 Å². The van der Waals surface area contributed by atoms with Crippen LogP contribution in [0.1, 0.15) is 27.7 Å². The van der Waals surface area contributed by atoms with E-state index in [2.05, 4.69) is 10.3 Å². The van der Waals surface area contributed by atoms with E-state index in [0.29, 0.717) is 6.54 Å². The van der Waals surface area contributed by atoms with Gasteiger partial charge in [0.1, 0.15) is 5.01 Å². The van der Waals surface area contributed by atoms with Gasteiger partial charge < -0.3 is 5.32 Å². The van der Waals surface area contributed by atoms with E-state index in [4.69, 9.17) is 0 Å². The van der Waals surface area contributed by atoms with Crippen molar-refractivity contribution < 1.29 is 4.79 Å². The van der Waals surface area contributed by atoms with Gasteiger partial charge in [0.05, 0.1) is 12.5 Å². The Bertz CT molecular complexity index is 729. The zero-order chi connectivity index (χ0) is 16.1. The van der Waals surface area contributed by atoms with Gasteiger partial charge in [0, 0.05) is 11.1 Å². The number of carbonyl (C=O) groups is 1. The van der Waals surface area contributed by atoms with E-state index in [-0.39, 0.29) is 11.8 Å². The molecule has 0 fully saturated rings. The van der Waals surface area contributed by atoms with Crippen molar-refractivity contribution in [3.63, 3.8) is 0 Å². The van der Waals surface area contributed by atoms with E-state index >= 15 is 0 Å². The zero-order valence-electron chi connectivity index (χ0n) is 12.9. The van der Waals surface area contributed by atoms with Crippen LogP contribution in [0, 0.1) is 6.92 Å². The Labute approximate surface area is 140 Å². The smallest absolute Gasteiger partial charge is 0.232 e. The average Bonchev–Trinajstić information content (AvgIpc) is 3.01. The molecule has 0 aliphatic carbocycles. The van der Waals surface area contributed by atoms with Crippen LogP contribution in [0.4, 0.5) is 0 Å². The maximum Gasteiger partial charge on any atom is 0.232 e. The van der Waals surface area contributed by atoms with Crippen molar-refractivity contribution in [1.29, 1.82) is 0 Å². The highest BCUT2D eigenvalue weighted by atomic mass is 32.1. The lowest BCUT2D eigenvalue weighted by atomic mass is 9.90. The molecule has 23 heavy (non-hydrogen) atoms. The van der Waals surface area contributed by atoms with Gasteiger partial charge in [-0.25, -0.2) is 4.98 Å². The molecule has 116 valence electrons. The van der Waals surface area contributed by atoms with Crippen LogP contribution in [0.15, 0.2) is 66.0 Å². The summed E-state index contributed by atoms with van der Waals surface area (Å²) >= 11 is 1.57. The molecule has 0 saturated heterocycles. The number of thiazole rings is 1. The van der Waals surface area contributed by atoms with Crippen molar-refractivity contribution in [2.75, 3.05) is 0 Å². The summed E-state index contributed by atoms with van der Waals surface area (Å²) in [6, 6.07) is 19.7. The molecular formula is C19H18N2OS. The van der Waals surface area contributed by atoms with Crippen LogP contribution in [-0.2, 0) is 11.3 Å². The predicted molar refractivity (Wildman–Crippen MR) is 93.4 cm³/mol. The van der Waals surface area contributed by atoms with E-state index < -0.39 is 0 Å². The molecule has 1 N–H and O–H groups in total. The number of nitrogens with zero attached hydrogens (tertiary/aromatic N) is 1. The molecule has 0 bridgehead atoms. The summed E-state index contributed by atoms with van der Waals surface area (Å²) in [4.78, 5) is 17.2. The van der Waals surface area contributed by atoms with Crippen molar-refractivity contribution >= 4 is 17.2 Å². The molecule has 3 rings (SSSR count). The first-order valence-corrected chi connectivity index (χ1v) is 8.40. The third-order valence-corrected chi connectivity index (χ3v) is 4.58. The minimum atomic E-state index is -0.307. The highest BCUT2D eigenvalue weighted by molar-refractivity contribution is 7.09. The minimum Gasteiger partial charge on any atom is -0.349 e. The number of nitrogens with one attached hydrogen (secondary N) is 1. The molecule has 0 atom stereocenters. The number of amides is 1. The summed E-state index contributed by atoms with van der Waals surface area (Å²) in [5.74, 6) is -0.311. The first kappa shape index (κ1) is 15.4. The Morgan fingerprint density at radius 3 is 2.09 bits per heavy atom. The molecule has 3 nitrogen and oxygen atoms in total. The molecule has 0 radical (unpaired) electrons. The van der Waals surface area contributed by atoms with Crippen molar-refractivity contribution in [3.8, 4) is 0 Å². The molecule has 3 aromatic rings. The lowest BCUT2D eigenvalue weighted by Crippen LogP contribution is -2.29. The summed E-state index contributed by atoms with van der Waals surface area (Å²) < 4.78 is 0. The molecule has 1 aromatic heterocycles. The molecule has 0 saturated carbocycles. The monoisotopic (exact) mass is 322 g/mol. The highest BCUT2D eigenvalue weighted by Crippen LogP contribution is 2.24. The Morgan fingerprint density at radius 2 is 1.61 bits per heavy atom. The second kappa shape index (κ2) is 7.20. The van der Waals surface area contributed by atoms with E-state index in [1.165, 1.54) is 0 Å². The van der Waals surface area contributed by atoms with E-state index in [1.54, 1.807) is 11.3 Å². The predicted octanol–water partition coefficient (Wildman–Crippen LogP) is 3.90. The Morgan fingerprint density at radius 1 is 1.04 bits per heavy atom. The fourth-order valence-electron chi connectivity index (χ4n) is 2.53. The largest absolute Gasteiger partial charge is 0.349 e. The molecule has 0 spiro atoms. The van der Waals surface area contributed by atoms with Crippen LogP contribution in [-0.4, -0.2) is 10.9 Å². The van der Waals surface area contributed by atoms with Gasteiger partial charge in [-0.05, 0) is 18.1 Å². The Kier molecular flexibility index (Phi) is 4.83. The maximum absolute atomic E-state index is 12.8. The van der Waals surface area contributed by atoms with Gasteiger partial charge >= 0.3 is 0 Å². The quantitative estimate of drug-likeness (QED) is 0.774.